The van der Waals surface area contributed by atoms with Gasteiger partial charge < -0.3 is 9.84 Å². The van der Waals surface area contributed by atoms with Crippen LogP contribution in [-0.4, -0.2) is 30.2 Å². The zero-order valence-electron chi connectivity index (χ0n) is 7.93. The summed E-state index contributed by atoms with van der Waals surface area (Å²) in [4.78, 5) is 11.7. The molecule has 0 aromatic heterocycles. The number of rotatable bonds is 1. The minimum Gasteiger partial charge on any atom is -0.394 e. The molecule has 0 radical (unpaired) electrons. The number of allylic oxidation sites excluding steroid dienone is 2. The molecule has 1 heterocycles. The molecule has 3 heteroatoms. The maximum atomic E-state index is 11.7. The number of carbonyl (C=O) groups excluding carboxylic acids is 1. The first kappa shape index (κ1) is 8.62. The van der Waals surface area contributed by atoms with E-state index in [-0.39, 0.29) is 36.9 Å². The molecule has 1 aliphatic heterocycles. The Morgan fingerprint density at radius 2 is 2.21 bits per heavy atom. The molecular weight excluding hydrogens is 180 g/mol. The number of Topliss-reactive ketones (excluding diaryl/α,β-unsaturated/α-hetero) is 1. The Morgan fingerprint density at radius 1 is 1.43 bits per heavy atom. The monoisotopic (exact) mass is 194 g/mol. The Kier molecular flexibility index (Phi) is 1.79. The molecule has 1 saturated carbocycles. The van der Waals surface area contributed by atoms with Crippen LogP contribution in [0.25, 0.3) is 0 Å². The predicted octanol–water partition coefficient (Wildman–Crippen LogP) is 0.385. The summed E-state index contributed by atoms with van der Waals surface area (Å²) in [5, 5.41) is 9.19. The fourth-order valence-corrected chi connectivity index (χ4v) is 3.39. The van der Waals surface area contributed by atoms with E-state index in [1.165, 1.54) is 0 Å². The maximum Gasteiger partial charge on any atom is 0.162 e. The van der Waals surface area contributed by atoms with E-state index >= 15 is 0 Å². The Balaban J connectivity index is 1.94. The van der Waals surface area contributed by atoms with Gasteiger partial charge in [0.2, 0.25) is 0 Å². The van der Waals surface area contributed by atoms with Crippen molar-refractivity contribution >= 4 is 5.78 Å². The summed E-state index contributed by atoms with van der Waals surface area (Å²) in [5.41, 5.74) is 0. The van der Waals surface area contributed by atoms with Crippen molar-refractivity contribution < 1.29 is 14.6 Å². The third-order valence-corrected chi connectivity index (χ3v) is 3.94. The second kappa shape index (κ2) is 2.91. The van der Waals surface area contributed by atoms with E-state index in [4.69, 9.17) is 4.74 Å². The highest BCUT2D eigenvalue weighted by atomic mass is 16.5. The van der Waals surface area contributed by atoms with Crippen LogP contribution in [0.15, 0.2) is 12.2 Å². The van der Waals surface area contributed by atoms with Crippen LogP contribution < -0.4 is 0 Å². The van der Waals surface area contributed by atoms with Crippen LogP contribution in [0.5, 0.6) is 0 Å². The van der Waals surface area contributed by atoms with E-state index in [1.807, 2.05) is 0 Å². The molecule has 3 aliphatic rings. The van der Waals surface area contributed by atoms with E-state index in [1.54, 1.807) is 0 Å². The van der Waals surface area contributed by atoms with Crippen LogP contribution in [0.3, 0.4) is 0 Å². The molecule has 0 spiro atoms. The summed E-state index contributed by atoms with van der Waals surface area (Å²) < 4.78 is 5.37. The molecule has 0 aromatic rings. The van der Waals surface area contributed by atoms with Crippen molar-refractivity contribution in [2.24, 2.45) is 23.7 Å². The van der Waals surface area contributed by atoms with Crippen molar-refractivity contribution in [1.82, 2.24) is 0 Å². The van der Waals surface area contributed by atoms with Gasteiger partial charge in [0.05, 0.1) is 12.7 Å². The lowest BCUT2D eigenvalue weighted by Gasteiger charge is -2.37. The van der Waals surface area contributed by atoms with Gasteiger partial charge in [-0.25, -0.2) is 0 Å². The van der Waals surface area contributed by atoms with Crippen molar-refractivity contribution in [3.8, 4) is 0 Å². The summed E-state index contributed by atoms with van der Waals surface area (Å²) >= 11 is 0. The van der Waals surface area contributed by atoms with Crippen molar-refractivity contribution in [3.05, 3.63) is 12.2 Å². The van der Waals surface area contributed by atoms with E-state index < -0.39 is 0 Å². The van der Waals surface area contributed by atoms with Crippen molar-refractivity contribution in [3.63, 3.8) is 0 Å². The molecule has 14 heavy (non-hydrogen) atoms. The van der Waals surface area contributed by atoms with Gasteiger partial charge in [0.25, 0.3) is 0 Å². The number of hydrogen-bond donors (Lipinski definition) is 1. The fraction of sp³-hybridized carbons (Fsp3) is 0.727. The first-order valence-corrected chi connectivity index (χ1v) is 5.25. The lowest BCUT2D eigenvalue weighted by atomic mass is 9.76. The zero-order chi connectivity index (χ0) is 9.71. The van der Waals surface area contributed by atoms with Gasteiger partial charge >= 0.3 is 0 Å². The standard InChI is InChI=1S/C11H14O3/c12-4-9-11-7-2-1-6(3-7)10(11)8(13)5-14-9/h1-2,6-7,9-12H,3-5H2/t6-,7+,9-,10+,11-/m1/s1. The molecular formula is C11H14O3. The van der Waals surface area contributed by atoms with E-state index in [0.29, 0.717) is 11.8 Å². The molecule has 76 valence electrons. The lowest BCUT2D eigenvalue weighted by molar-refractivity contribution is -0.148. The highest BCUT2D eigenvalue weighted by Gasteiger charge is 2.53. The average molecular weight is 194 g/mol. The second-order valence-corrected chi connectivity index (χ2v) is 4.55. The van der Waals surface area contributed by atoms with Crippen LogP contribution in [0.4, 0.5) is 0 Å². The van der Waals surface area contributed by atoms with Crippen LogP contribution in [0, 0.1) is 23.7 Å². The van der Waals surface area contributed by atoms with Crippen LogP contribution in [-0.2, 0) is 9.53 Å². The quantitative estimate of drug-likeness (QED) is 0.614. The number of carbonyl (C=O) groups is 1. The van der Waals surface area contributed by atoms with Crippen molar-refractivity contribution in [2.45, 2.75) is 12.5 Å². The van der Waals surface area contributed by atoms with Crippen molar-refractivity contribution in [2.75, 3.05) is 13.2 Å². The molecule has 5 atom stereocenters. The van der Waals surface area contributed by atoms with Crippen LogP contribution in [0.2, 0.25) is 0 Å². The number of hydrogen-bond acceptors (Lipinski definition) is 3. The largest absolute Gasteiger partial charge is 0.394 e. The molecule has 3 rings (SSSR count). The lowest BCUT2D eigenvalue weighted by Crippen LogP contribution is -2.46. The maximum absolute atomic E-state index is 11.7. The molecule has 0 amide bonds. The van der Waals surface area contributed by atoms with Gasteiger partial charge in [0.15, 0.2) is 5.78 Å². The Morgan fingerprint density at radius 3 is 3.00 bits per heavy atom. The van der Waals surface area contributed by atoms with Gasteiger partial charge in [0.1, 0.15) is 6.61 Å². The van der Waals surface area contributed by atoms with Gasteiger partial charge in [-0.3, -0.25) is 4.79 Å². The number of fused-ring (bicyclic) bond motifs is 5. The summed E-state index contributed by atoms with van der Waals surface area (Å²) in [5.74, 6) is 1.51. The molecule has 0 unspecified atom stereocenters. The smallest absolute Gasteiger partial charge is 0.162 e. The third kappa shape index (κ3) is 0.969. The third-order valence-electron chi connectivity index (χ3n) is 3.94. The van der Waals surface area contributed by atoms with Gasteiger partial charge in [-0.2, -0.15) is 0 Å². The average Bonchev–Trinajstić information content (AvgIpc) is 2.79. The summed E-state index contributed by atoms with van der Waals surface area (Å²) in [7, 11) is 0. The molecule has 1 saturated heterocycles. The minimum absolute atomic E-state index is 0.0471. The molecule has 2 bridgehead atoms. The highest BCUT2D eigenvalue weighted by molar-refractivity contribution is 5.84. The van der Waals surface area contributed by atoms with Gasteiger partial charge in [-0.15, -0.1) is 0 Å². The van der Waals surface area contributed by atoms with E-state index in [9.17, 15) is 9.90 Å². The summed E-state index contributed by atoms with van der Waals surface area (Å²) in [6.07, 6.45) is 5.33. The summed E-state index contributed by atoms with van der Waals surface area (Å²) in [6.45, 7) is 0.245. The molecule has 1 N–H and O–H groups in total. The predicted molar refractivity (Wildman–Crippen MR) is 49.5 cm³/mol. The Bertz CT molecular complexity index is 297. The summed E-state index contributed by atoms with van der Waals surface area (Å²) in [6, 6.07) is 0. The fourth-order valence-electron chi connectivity index (χ4n) is 3.39. The number of aliphatic hydroxyl groups is 1. The number of ether oxygens (including phenoxy) is 1. The topological polar surface area (TPSA) is 46.5 Å². The minimum atomic E-state index is -0.113. The first-order valence-electron chi connectivity index (χ1n) is 5.25. The van der Waals surface area contributed by atoms with Gasteiger partial charge in [0, 0.05) is 11.8 Å². The van der Waals surface area contributed by atoms with Crippen molar-refractivity contribution in [1.29, 1.82) is 0 Å². The van der Waals surface area contributed by atoms with Crippen LogP contribution >= 0.6 is 0 Å². The number of ketones is 1. The Labute approximate surface area is 82.8 Å². The van der Waals surface area contributed by atoms with E-state index in [2.05, 4.69) is 12.2 Å². The van der Waals surface area contributed by atoms with Gasteiger partial charge in [-0.1, -0.05) is 12.2 Å². The Hall–Kier alpha value is -0.670. The van der Waals surface area contributed by atoms with E-state index in [0.717, 1.165) is 6.42 Å². The zero-order valence-corrected chi connectivity index (χ0v) is 7.93. The molecule has 2 fully saturated rings. The normalized spacial score (nSPS) is 49.8. The first-order chi connectivity index (χ1) is 6.81. The molecule has 0 aromatic carbocycles. The molecule has 2 aliphatic carbocycles. The molecule has 3 nitrogen and oxygen atoms in total. The number of aliphatic hydroxyl groups excluding tert-OH is 1. The highest BCUT2D eigenvalue weighted by Crippen LogP contribution is 2.51. The van der Waals surface area contributed by atoms with Gasteiger partial charge in [-0.05, 0) is 18.3 Å². The SMILES string of the molecule is O=C1CO[C@H](CO)[C@@H]2[C@H]1[C@@H]1C=C[C@H]2C1. The second-order valence-electron chi connectivity index (χ2n) is 4.55. The van der Waals surface area contributed by atoms with Crippen LogP contribution in [0.1, 0.15) is 6.42 Å².